The molecule has 0 aliphatic heterocycles. The van der Waals surface area contributed by atoms with E-state index in [4.69, 9.17) is 4.74 Å². The number of nitro groups is 1. The first-order valence-corrected chi connectivity index (χ1v) is 9.91. The average molecular weight is 426 g/mol. The second kappa shape index (κ2) is 8.44. The van der Waals surface area contributed by atoms with Crippen molar-refractivity contribution in [2.24, 2.45) is 5.92 Å². The van der Waals surface area contributed by atoms with E-state index in [1.165, 1.54) is 31.4 Å². The Morgan fingerprint density at radius 2 is 1.44 bits per heavy atom. The molecule has 4 rings (SSSR count). The van der Waals surface area contributed by atoms with Gasteiger partial charge in [-0.05, 0) is 23.3 Å². The largest absolute Gasteiger partial charge is 0.497 e. The molecule has 0 N–H and O–H groups in total. The zero-order valence-electron chi connectivity index (χ0n) is 17.1. The predicted octanol–water partition coefficient (Wildman–Crippen LogP) is 4.69. The summed E-state index contributed by atoms with van der Waals surface area (Å²) in [5.74, 6) is -2.78. The molecule has 1 aliphatic carbocycles. The quantitative estimate of drug-likeness (QED) is 0.321. The van der Waals surface area contributed by atoms with Crippen LogP contribution in [0.5, 0.6) is 5.75 Å². The second-order valence-corrected chi connectivity index (χ2v) is 7.51. The molecule has 2 atom stereocenters. The van der Waals surface area contributed by atoms with Crippen LogP contribution in [-0.2, 0) is 0 Å². The van der Waals surface area contributed by atoms with Crippen LogP contribution in [0.25, 0.3) is 0 Å². The maximum atomic E-state index is 13.3. The number of non-ortho nitro benzene ring substituents is 1. The Morgan fingerprint density at radius 3 is 1.91 bits per heavy atom. The molecule has 0 saturated heterocycles. The van der Waals surface area contributed by atoms with E-state index in [9.17, 15) is 25.0 Å². The number of nitrogens with zero attached hydrogens (tertiary/aromatic N) is 2. The average Bonchev–Trinajstić information content (AvgIpc) is 3.08. The zero-order valence-corrected chi connectivity index (χ0v) is 17.1. The van der Waals surface area contributed by atoms with Crippen molar-refractivity contribution in [3.05, 3.63) is 105 Å². The summed E-state index contributed by atoms with van der Waals surface area (Å²) in [5, 5.41) is 21.1. The third-order valence-electron chi connectivity index (χ3n) is 5.84. The molecule has 32 heavy (non-hydrogen) atoms. The standard InChI is InChI=1S/C25H18N2O5/c1-32-18-12-8-16(9-13-18)22(21(14-26)15-6-10-17(11-7-15)27(30)31)23-24(28)19-4-2-3-5-20(19)25(23)29/h2-13,21-23H,1H3. The van der Waals surface area contributed by atoms with Crippen LogP contribution in [0.2, 0.25) is 0 Å². The summed E-state index contributed by atoms with van der Waals surface area (Å²) in [7, 11) is 1.53. The van der Waals surface area contributed by atoms with Gasteiger partial charge in [-0.25, -0.2) is 0 Å². The minimum Gasteiger partial charge on any atom is -0.497 e. The first-order valence-electron chi connectivity index (χ1n) is 9.91. The van der Waals surface area contributed by atoms with Gasteiger partial charge >= 0.3 is 0 Å². The maximum absolute atomic E-state index is 13.3. The molecule has 0 aromatic heterocycles. The van der Waals surface area contributed by atoms with E-state index in [-0.39, 0.29) is 17.3 Å². The van der Waals surface area contributed by atoms with E-state index >= 15 is 0 Å². The number of fused-ring (bicyclic) bond motifs is 1. The van der Waals surface area contributed by atoms with Gasteiger partial charge in [0.2, 0.25) is 0 Å². The third kappa shape index (κ3) is 3.52. The highest BCUT2D eigenvalue weighted by atomic mass is 16.6. The van der Waals surface area contributed by atoms with Gasteiger partial charge in [-0.15, -0.1) is 0 Å². The Morgan fingerprint density at radius 1 is 0.906 bits per heavy atom. The minimum absolute atomic E-state index is 0.105. The molecule has 7 nitrogen and oxygen atoms in total. The number of nitro benzene ring substituents is 1. The number of methoxy groups -OCH3 is 1. The van der Waals surface area contributed by atoms with E-state index in [2.05, 4.69) is 6.07 Å². The number of Topliss-reactive ketones (excluding diaryl/α,β-unsaturated/α-hetero) is 2. The van der Waals surface area contributed by atoms with E-state index in [1.54, 1.807) is 48.5 Å². The van der Waals surface area contributed by atoms with Crippen LogP contribution in [0.15, 0.2) is 72.8 Å². The van der Waals surface area contributed by atoms with Crippen molar-refractivity contribution in [3.63, 3.8) is 0 Å². The Kier molecular flexibility index (Phi) is 5.52. The Bertz CT molecular complexity index is 1210. The molecule has 2 unspecified atom stereocenters. The smallest absolute Gasteiger partial charge is 0.269 e. The molecule has 7 heteroatoms. The molecule has 0 bridgehead atoms. The number of hydrogen-bond donors (Lipinski definition) is 0. The molecular weight excluding hydrogens is 408 g/mol. The first-order chi connectivity index (χ1) is 15.5. The fourth-order valence-corrected chi connectivity index (χ4v) is 4.26. The number of carbonyl (C=O) groups excluding carboxylic acids is 2. The molecule has 0 radical (unpaired) electrons. The lowest BCUT2D eigenvalue weighted by Crippen LogP contribution is -2.28. The molecule has 0 spiro atoms. The van der Waals surface area contributed by atoms with Gasteiger partial charge in [-0.2, -0.15) is 5.26 Å². The second-order valence-electron chi connectivity index (χ2n) is 7.51. The molecule has 3 aromatic rings. The summed E-state index contributed by atoms with van der Waals surface area (Å²) in [6.07, 6.45) is 0. The van der Waals surface area contributed by atoms with Crippen molar-refractivity contribution in [1.29, 1.82) is 5.26 Å². The summed E-state index contributed by atoms with van der Waals surface area (Å²) in [5.41, 5.74) is 1.72. The number of nitriles is 1. The molecular formula is C25H18N2O5. The van der Waals surface area contributed by atoms with Crippen LogP contribution in [-0.4, -0.2) is 23.6 Å². The van der Waals surface area contributed by atoms with Gasteiger partial charge in [0.1, 0.15) is 5.75 Å². The van der Waals surface area contributed by atoms with Gasteiger partial charge < -0.3 is 4.74 Å². The third-order valence-corrected chi connectivity index (χ3v) is 5.84. The van der Waals surface area contributed by atoms with Crippen molar-refractivity contribution >= 4 is 17.3 Å². The zero-order chi connectivity index (χ0) is 22.8. The van der Waals surface area contributed by atoms with Gasteiger partial charge in [-0.3, -0.25) is 19.7 Å². The van der Waals surface area contributed by atoms with Gasteiger partial charge in [0.05, 0.1) is 29.9 Å². The number of rotatable bonds is 6. The van der Waals surface area contributed by atoms with Crippen molar-refractivity contribution in [2.75, 3.05) is 7.11 Å². The number of ether oxygens (including phenoxy) is 1. The summed E-state index contributed by atoms with van der Waals surface area (Å²) >= 11 is 0. The molecule has 158 valence electrons. The number of benzene rings is 3. The highest BCUT2D eigenvalue weighted by Gasteiger charge is 2.47. The first kappa shape index (κ1) is 20.9. The maximum Gasteiger partial charge on any atom is 0.269 e. The summed E-state index contributed by atoms with van der Waals surface area (Å²) in [6.45, 7) is 0. The normalized spacial score (nSPS) is 15.0. The lowest BCUT2D eigenvalue weighted by Gasteiger charge is -2.27. The van der Waals surface area contributed by atoms with Crippen LogP contribution in [0, 0.1) is 27.4 Å². The lowest BCUT2D eigenvalue weighted by atomic mass is 9.72. The van der Waals surface area contributed by atoms with Crippen molar-refractivity contribution in [2.45, 2.75) is 11.8 Å². The molecule has 3 aromatic carbocycles. The van der Waals surface area contributed by atoms with E-state index in [1.807, 2.05) is 0 Å². The fraction of sp³-hybridized carbons (Fsp3) is 0.160. The van der Waals surface area contributed by atoms with E-state index in [0.717, 1.165) is 0 Å². The van der Waals surface area contributed by atoms with Crippen molar-refractivity contribution in [3.8, 4) is 11.8 Å². The van der Waals surface area contributed by atoms with Gasteiger partial charge in [0.15, 0.2) is 11.6 Å². The van der Waals surface area contributed by atoms with E-state index < -0.39 is 22.7 Å². The number of hydrogen-bond acceptors (Lipinski definition) is 6. The molecule has 0 amide bonds. The SMILES string of the molecule is COc1ccc(C(C2C(=O)c3ccccc3C2=O)C(C#N)c2ccc([N+](=O)[O-])cc2)cc1. The summed E-state index contributed by atoms with van der Waals surface area (Å²) in [4.78, 5) is 37.1. The monoisotopic (exact) mass is 426 g/mol. The Hall–Kier alpha value is -4.31. The molecule has 1 aliphatic rings. The van der Waals surface area contributed by atoms with Crippen LogP contribution in [0.3, 0.4) is 0 Å². The van der Waals surface area contributed by atoms with Crippen molar-refractivity contribution < 1.29 is 19.2 Å². The number of carbonyl (C=O) groups is 2. The van der Waals surface area contributed by atoms with E-state index in [0.29, 0.717) is 28.0 Å². The van der Waals surface area contributed by atoms with Crippen molar-refractivity contribution in [1.82, 2.24) is 0 Å². The summed E-state index contributed by atoms with van der Waals surface area (Å²) in [6, 6.07) is 21.4. The lowest BCUT2D eigenvalue weighted by molar-refractivity contribution is -0.384. The van der Waals surface area contributed by atoms with Crippen LogP contribution < -0.4 is 4.74 Å². The fourth-order valence-electron chi connectivity index (χ4n) is 4.26. The predicted molar refractivity (Wildman–Crippen MR) is 116 cm³/mol. The van der Waals surface area contributed by atoms with Crippen LogP contribution >= 0.6 is 0 Å². The van der Waals surface area contributed by atoms with Gasteiger partial charge in [0.25, 0.3) is 5.69 Å². The van der Waals surface area contributed by atoms with Crippen LogP contribution in [0.1, 0.15) is 43.7 Å². The molecule has 0 heterocycles. The van der Waals surface area contributed by atoms with Gasteiger partial charge in [0, 0.05) is 29.2 Å². The molecule has 0 fully saturated rings. The number of ketones is 2. The highest BCUT2D eigenvalue weighted by molar-refractivity contribution is 6.27. The Labute approximate surface area is 184 Å². The molecule has 0 saturated carbocycles. The minimum atomic E-state index is -1.07. The Balaban J connectivity index is 1.84. The summed E-state index contributed by atoms with van der Waals surface area (Å²) < 4.78 is 5.21. The topological polar surface area (TPSA) is 110 Å². The highest BCUT2D eigenvalue weighted by Crippen LogP contribution is 2.45. The van der Waals surface area contributed by atoms with Crippen LogP contribution in [0.4, 0.5) is 5.69 Å². The van der Waals surface area contributed by atoms with Gasteiger partial charge in [-0.1, -0.05) is 48.5 Å².